The molecule has 1 amide bonds. The molecule has 0 bridgehead atoms. The van der Waals surface area contributed by atoms with Crippen molar-refractivity contribution in [3.63, 3.8) is 0 Å². The number of piperidine rings is 1. The minimum Gasteiger partial charge on any atom is -0.496 e. The summed E-state index contributed by atoms with van der Waals surface area (Å²) in [4.78, 5) is 17.3. The summed E-state index contributed by atoms with van der Waals surface area (Å²) in [6.07, 6.45) is 5.13. The topological polar surface area (TPSA) is 80.6 Å². The Morgan fingerprint density at radius 1 is 1.23 bits per heavy atom. The molecule has 1 aliphatic heterocycles. The van der Waals surface area contributed by atoms with E-state index in [-0.39, 0.29) is 6.10 Å². The van der Waals surface area contributed by atoms with Gasteiger partial charge in [-0.1, -0.05) is 12.1 Å². The van der Waals surface area contributed by atoms with Crippen molar-refractivity contribution in [3.05, 3.63) is 64.8 Å². The first kappa shape index (κ1) is 21.4. The second-order valence-corrected chi connectivity index (χ2v) is 8.41. The van der Waals surface area contributed by atoms with Crippen LogP contribution in [0.15, 0.2) is 42.6 Å². The van der Waals surface area contributed by atoms with E-state index in [2.05, 4.69) is 28.9 Å². The molecule has 3 aromatic rings. The van der Waals surface area contributed by atoms with Crippen LogP contribution in [0.25, 0.3) is 10.9 Å². The van der Waals surface area contributed by atoms with Crippen LogP contribution in [-0.2, 0) is 17.7 Å². The van der Waals surface area contributed by atoms with Crippen LogP contribution in [0.4, 0.5) is 0 Å². The lowest BCUT2D eigenvalue weighted by Gasteiger charge is -2.39. The van der Waals surface area contributed by atoms with Crippen molar-refractivity contribution in [1.29, 1.82) is 0 Å². The summed E-state index contributed by atoms with van der Waals surface area (Å²) in [7, 11) is 3.54. The molecule has 1 fully saturated rings. The minimum absolute atomic E-state index is 0.262. The van der Waals surface area contributed by atoms with Gasteiger partial charge in [0.15, 0.2) is 0 Å². The zero-order valence-corrected chi connectivity index (χ0v) is 18.5. The number of aromatic amines is 1. The number of carbonyl (C=O) groups is 1. The summed E-state index contributed by atoms with van der Waals surface area (Å²) < 4.78 is 11.5. The fourth-order valence-electron chi connectivity index (χ4n) is 4.76. The molecule has 0 saturated carbocycles. The number of nitrogens with zero attached hydrogens (tertiary/aromatic N) is 1. The summed E-state index contributed by atoms with van der Waals surface area (Å²) in [6, 6.07) is 12.2. The molecule has 2 atom stereocenters. The van der Waals surface area contributed by atoms with Crippen LogP contribution in [0.1, 0.15) is 39.9 Å². The third-order valence-corrected chi connectivity index (χ3v) is 6.53. The van der Waals surface area contributed by atoms with E-state index in [9.17, 15) is 4.79 Å². The molecule has 0 spiro atoms. The third kappa shape index (κ3) is 4.45. The summed E-state index contributed by atoms with van der Waals surface area (Å²) in [5, 5.41) is 1.22. The number of hydrogen-bond donors (Lipinski definition) is 2. The standard InChI is InChI=1S/C25H31N3O3/c1-16-12-23(31-3)22(21-8-10-27-24(16)21)15-28-11-9-20(30-2)14-19(28)13-17-4-6-18(7-5-17)25(26)29/h4-8,10,12,19-20,27H,9,11,13-15H2,1-3H3,(H2,26,29). The van der Waals surface area contributed by atoms with Crippen molar-refractivity contribution in [2.45, 2.75) is 44.9 Å². The summed E-state index contributed by atoms with van der Waals surface area (Å²) in [5.41, 5.74) is 10.7. The highest BCUT2D eigenvalue weighted by atomic mass is 16.5. The number of primary amides is 1. The maximum absolute atomic E-state index is 11.4. The van der Waals surface area contributed by atoms with E-state index in [4.69, 9.17) is 15.2 Å². The zero-order valence-electron chi connectivity index (χ0n) is 18.5. The smallest absolute Gasteiger partial charge is 0.248 e. The predicted molar refractivity (Wildman–Crippen MR) is 122 cm³/mol. The number of nitrogens with two attached hydrogens (primary N) is 1. The number of methoxy groups -OCH3 is 2. The van der Waals surface area contributed by atoms with E-state index >= 15 is 0 Å². The van der Waals surface area contributed by atoms with Crippen molar-refractivity contribution in [3.8, 4) is 5.75 Å². The van der Waals surface area contributed by atoms with Gasteiger partial charge in [0.05, 0.1) is 13.2 Å². The molecule has 4 rings (SSSR count). The van der Waals surface area contributed by atoms with Crippen LogP contribution in [0, 0.1) is 6.92 Å². The molecule has 1 saturated heterocycles. The SMILES string of the molecule is COc1cc(C)c2[nH]ccc2c1CN1CCC(OC)CC1Cc1ccc(C(N)=O)cc1. The Hall–Kier alpha value is -2.83. The molecule has 2 heterocycles. The van der Waals surface area contributed by atoms with Crippen LogP contribution in [0.5, 0.6) is 5.75 Å². The second kappa shape index (κ2) is 9.12. The van der Waals surface area contributed by atoms with Gasteiger partial charge < -0.3 is 20.2 Å². The largest absolute Gasteiger partial charge is 0.496 e. The van der Waals surface area contributed by atoms with Gasteiger partial charge in [0.2, 0.25) is 5.91 Å². The molecule has 0 aliphatic carbocycles. The molecule has 1 aliphatic rings. The molecular weight excluding hydrogens is 390 g/mol. The highest BCUT2D eigenvalue weighted by Crippen LogP contribution is 2.34. The number of ether oxygens (including phenoxy) is 2. The maximum Gasteiger partial charge on any atom is 0.248 e. The fourth-order valence-corrected chi connectivity index (χ4v) is 4.76. The Morgan fingerprint density at radius 2 is 2.00 bits per heavy atom. The number of fused-ring (bicyclic) bond motifs is 1. The van der Waals surface area contributed by atoms with Crippen LogP contribution in [-0.4, -0.2) is 48.7 Å². The van der Waals surface area contributed by atoms with Crippen LogP contribution in [0.3, 0.4) is 0 Å². The monoisotopic (exact) mass is 421 g/mol. The van der Waals surface area contributed by atoms with Gasteiger partial charge in [-0.25, -0.2) is 0 Å². The fraction of sp³-hybridized carbons (Fsp3) is 0.400. The van der Waals surface area contributed by atoms with E-state index in [0.29, 0.717) is 11.6 Å². The second-order valence-electron chi connectivity index (χ2n) is 8.41. The molecule has 6 heteroatoms. The van der Waals surface area contributed by atoms with Crippen molar-refractivity contribution >= 4 is 16.8 Å². The lowest BCUT2D eigenvalue weighted by molar-refractivity contribution is 0.00771. The van der Waals surface area contributed by atoms with Gasteiger partial charge in [-0.15, -0.1) is 0 Å². The molecule has 164 valence electrons. The molecule has 31 heavy (non-hydrogen) atoms. The number of aromatic nitrogens is 1. The normalized spacial score (nSPS) is 19.6. The van der Waals surface area contributed by atoms with E-state index in [1.165, 1.54) is 27.6 Å². The number of benzene rings is 2. The highest BCUT2D eigenvalue weighted by Gasteiger charge is 2.30. The van der Waals surface area contributed by atoms with Gasteiger partial charge in [-0.2, -0.15) is 0 Å². The minimum atomic E-state index is -0.396. The number of amides is 1. The average Bonchev–Trinajstić information content (AvgIpc) is 3.27. The zero-order chi connectivity index (χ0) is 22.0. The molecule has 2 aromatic carbocycles. The maximum atomic E-state index is 11.4. The summed E-state index contributed by atoms with van der Waals surface area (Å²) in [6.45, 7) is 3.89. The van der Waals surface area contributed by atoms with E-state index in [1.807, 2.05) is 30.5 Å². The molecule has 6 nitrogen and oxygen atoms in total. The van der Waals surface area contributed by atoms with Crippen molar-refractivity contribution in [2.24, 2.45) is 5.73 Å². The first-order chi connectivity index (χ1) is 15.0. The number of hydrogen-bond acceptors (Lipinski definition) is 4. The van der Waals surface area contributed by atoms with E-state index in [1.54, 1.807) is 14.2 Å². The number of likely N-dealkylation sites (tertiary alicyclic amines) is 1. The summed E-state index contributed by atoms with van der Waals surface area (Å²) in [5.74, 6) is 0.537. The van der Waals surface area contributed by atoms with Crippen LogP contribution < -0.4 is 10.5 Å². The highest BCUT2D eigenvalue weighted by molar-refractivity contribution is 5.92. The van der Waals surface area contributed by atoms with Crippen LogP contribution >= 0.6 is 0 Å². The van der Waals surface area contributed by atoms with Gasteiger partial charge >= 0.3 is 0 Å². The van der Waals surface area contributed by atoms with Gasteiger partial charge in [-0.05, 0) is 61.6 Å². The number of aryl methyl sites for hydroxylation is 1. The Balaban J connectivity index is 1.61. The number of nitrogens with one attached hydrogen (secondary N) is 1. The van der Waals surface area contributed by atoms with Gasteiger partial charge in [-0.3, -0.25) is 9.69 Å². The number of H-pyrrole nitrogens is 1. The molecule has 2 unspecified atom stereocenters. The van der Waals surface area contributed by atoms with Gasteiger partial charge in [0, 0.05) is 54.5 Å². The number of carbonyl (C=O) groups excluding carboxylic acids is 1. The molecular formula is C25H31N3O3. The third-order valence-electron chi connectivity index (χ3n) is 6.53. The molecule has 0 radical (unpaired) electrons. The Morgan fingerprint density at radius 3 is 2.68 bits per heavy atom. The number of rotatable bonds is 7. The van der Waals surface area contributed by atoms with Gasteiger partial charge in [0.1, 0.15) is 5.75 Å². The van der Waals surface area contributed by atoms with E-state index in [0.717, 1.165) is 38.1 Å². The van der Waals surface area contributed by atoms with Crippen molar-refractivity contribution < 1.29 is 14.3 Å². The Kier molecular flexibility index (Phi) is 6.30. The molecule has 3 N–H and O–H groups in total. The summed E-state index contributed by atoms with van der Waals surface area (Å²) >= 11 is 0. The molecule has 1 aromatic heterocycles. The van der Waals surface area contributed by atoms with Crippen molar-refractivity contribution in [2.75, 3.05) is 20.8 Å². The lowest BCUT2D eigenvalue weighted by atomic mass is 9.92. The average molecular weight is 422 g/mol. The van der Waals surface area contributed by atoms with Crippen LogP contribution in [0.2, 0.25) is 0 Å². The van der Waals surface area contributed by atoms with Crippen molar-refractivity contribution in [1.82, 2.24) is 9.88 Å². The van der Waals surface area contributed by atoms with E-state index < -0.39 is 5.91 Å². The first-order valence-electron chi connectivity index (χ1n) is 10.8. The first-order valence-corrected chi connectivity index (χ1v) is 10.8. The Bertz CT molecular complexity index is 1060. The predicted octanol–water partition coefficient (Wildman–Crippen LogP) is 3.81. The quantitative estimate of drug-likeness (QED) is 0.608. The Labute approximate surface area is 183 Å². The lowest BCUT2D eigenvalue weighted by Crippen LogP contribution is -2.45. The van der Waals surface area contributed by atoms with Gasteiger partial charge in [0.25, 0.3) is 0 Å².